The highest BCUT2D eigenvalue weighted by Gasteiger charge is 2.54. The maximum absolute atomic E-state index is 13.1. The first-order valence-corrected chi connectivity index (χ1v) is 14.4. The van der Waals surface area contributed by atoms with Gasteiger partial charge in [-0.1, -0.05) is 35.5 Å². The number of aromatic nitrogens is 1. The highest BCUT2D eigenvalue weighted by atomic mass is 32.2. The third kappa shape index (κ3) is 5.90. The van der Waals surface area contributed by atoms with E-state index < -0.39 is 35.2 Å². The average Bonchev–Trinajstić information content (AvgIpc) is 3.55. The number of anilines is 1. The van der Waals surface area contributed by atoms with Gasteiger partial charge in [0.2, 0.25) is 0 Å². The molecule has 42 heavy (non-hydrogen) atoms. The van der Waals surface area contributed by atoms with E-state index in [-0.39, 0.29) is 40.5 Å². The van der Waals surface area contributed by atoms with E-state index in [1.807, 2.05) is 30.3 Å². The number of nitrogen functional groups attached to an aromatic ring is 1. The first-order valence-electron chi connectivity index (χ1n) is 12.5. The van der Waals surface area contributed by atoms with Crippen LogP contribution in [0.1, 0.15) is 24.6 Å². The summed E-state index contributed by atoms with van der Waals surface area (Å²) in [5, 5.41) is 18.2. The fourth-order valence-electron chi connectivity index (χ4n) is 4.46. The minimum atomic E-state index is -1.34. The predicted molar refractivity (Wildman–Crippen MR) is 150 cm³/mol. The van der Waals surface area contributed by atoms with Crippen LogP contribution >= 0.6 is 23.1 Å². The monoisotopic (exact) mass is 612 g/mol. The van der Waals surface area contributed by atoms with Gasteiger partial charge in [0.25, 0.3) is 17.7 Å². The molecule has 0 spiro atoms. The van der Waals surface area contributed by atoms with Gasteiger partial charge in [0.1, 0.15) is 29.4 Å². The maximum atomic E-state index is 13.1. The number of amides is 3. The van der Waals surface area contributed by atoms with Gasteiger partial charge in [-0.25, -0.2) is 19.6 Å². The Morgan fingerprint density at radius 1 is 1.26 bits per heavy atom. The van der Waals surface area contributed by atoms with Gasteiger partial charge in [-0.15, -0.1) is 23.1 Å². The van der Waals surface area contributed by atoms with E-state index in [2.05, 4.69) is 20.3 Å². The van der Waals surface area contributed by atoms with Crippen LogP contribution in [0.3, 0.4) is 0 Å². The molecule has 0 unspecified atom stereocenters. The van der Waals surface area contributed by atoms with Crippen molar-refractivity contribution in [1.82, 2.24) is 20.3 Å². The lowest BCUT2D eigenvalue weighted by Gasteiger charge is -2.49. The lowest BCUT2D eigenvalue weighted by atomic mass is 10.0. The molecule has 1 aromatic heterocycles. The van der Waals surface area contributed by atoms with Gasteiger partial charge in [-0.05, 0) is 23.6 Å². The minimum absolute atomic E-state index is 0.0410. The number of nitrogens with two attached hydrogens (primary N) is 1. The number of aliphatic carboxylic acids is 1. The Balaban J connectivity index is 1.30. The second kappa shape index (κ2) is 12.1. The molecule has 5 rings (SSSR count). The zero-order chi connectivity index (χ0) is 30.0. The molecule has 3 aliphatic rings. The third-order valence-electron chi connectivity index (χ3n) is 6.40. The van der Waals surface area contributed by atoms with Crippen molar-refractivity contribution in [3.8, 4) is 0 Å². The summed E-state index contributed by atoms with van der Waals surface area (Å²) in [6, 6.07) is 8.27. The van der Waals surface area contributed by atoms with Gasteiger partial charge in [0, 0.05) is 23.6 Å². The first kappa shape index (κ1) is 29.0. The van der Waals surface area contributed by atoms with Crippen LogP contribution in [-0.2, 0) is 40.3 Å². The Kier molecular flexibility index (Phi) is 8.37. The average molecular weight is 613 g/mol. The second-order valence-electron chi connectivity index (χ2n) is 9.22. The Bertz CT molecular complexity index is 1550. The molecule has 2 aromatic rings. The van der Waals surface area contributed by atoms with Gasteiger partial charge in [-0.3, -0.25) is 24.1 Å². The van der Waals surface area contributed by atoms with Gasteiger partial charge in [0.15, 0.2) is 10.8 Å². The number of allylic oxidation sites excluding steroid dienone is 1. The van der Waals surface area contributed by atoms with Gasteiger partial charge in [-0.2, -0.15) is 0 Å². The summed E-state index contributed by atoms with van der Waals surface area (Å²) in [7, 11) is 0. The summed E-state index contributed by atoms with van der Waals surface area (Å²) >= 11 is 2.26. The lowest BCUT2D eigenvalue weighted by molar-refractivity contribution is -0.180. The van der Waals surface area contributed by atoms with E-state index in [1.165, 1.54) is 28.3 Å². The molecule has 3 amide bonds. The van der Waals surface area contributed by atoms with E-state index >= 15 is 0 Å². The molecule has 2 fully saturated rings. The Labute approximate surface area is 246 Å². The normalized spacial score (nSPS) is 21.4. The number of hydroxylamine groups is 2. The molecular formula is C26H24N6O8S2. The number of rotatable bonds is 9. The molecular weight excluding hydrogens is 588 g/mol. The number of carboxylic acid groups (broad SMARTS) is 1. The Morgan fingerprint density at radius 2 is 2.02 bits per heavy atom. The molecule has 4 heterocycles. The lowest BCUT2D eigenvalue weighted by Crippen LogP contribution is -2.71. The van der Waals surface area contributed by atoms with Crippen molar-refractivity contribution in [2.45, 2.75) is 31.4 Å². The molecule has 0 saturated carbocycles. The third-order valence-corrected chi connectivity index (χ3v) is 8.37. The molecule has 16 heteroatoms. The van der Waals surface area contributed by atoms with Crippen LogP contribution in [0.5, 0.6) is 0 Å². The second-order valence-corrected chi connectivity index (χ2v) is 11.2. The molecule has 4 N–H and O–H groups in total. The van der Waals surface area contributed by atoms with Crippen molar-refractivity contribution in [2.24, 2.45) is 5.16 Å². The predicted octanol–water partition coefficient (Wildman–Crippen LogP) is 1.02. The fraction of sp³-hybridized carbons (Fsp3) is 0.269. The van der Waals surface area contributed by atoms with Crippen LogP contribution in [0.2, 0.25) is 0 Å². The number of carbonyl (C=O) groups excluding carboxylic acids is 4. The first-order chi connectivity index (χ1) is 20.1. The van der Waals surface area contributed by atoms with Crippen LogP contribution in [0.25, 0.3) is 0 Å². The summed E-state index contributed by atoms with van der Waals surface area (Å²) in [6.45, 7) is 1.61. The van der Waals surface area contributed by atoms with Gasteiger partial charge >= 0.3 is 11.9 Å². The summed E-state index contributed by atoms with van der Waals surface area (Å²) in [5.41, 5.74) is 6.60. The summed E-state index contributed by atoms with van der Waals surface area (Å²) in [5.74, 6) is -3.85. The van der Waals surface area contributed by atoms with Crippen molar-refractivity contribution in [3.63, 3.8) is 0 Å². The largest absolute Gasteiger partial charge is 0.477 e. The maximum Gasteiger partial charge on any atom is 0.352 e. The molecule has 14 nitrogen and oxygen atoms in total. The van der Waals surface area contributed by atoms with Gasteiger partial charge in [0.05, 0.1) is 6.54 Å². The number of thioether (sulfide) groups is 1. The zero-order valence-electron chi connectivity index (χ0n) is 22.0. The number of hydrogen-bond donors (Lipinski definition) is 3. The minimum Gasteiger partial charge on any atom is -0.477 e. The van der Waals surface area contributed by atoms with Crippen molar-refractivity contribution >= 4 is 63.6 Å². The molecule has 3 aliphatic heterocycles. The quantitative estimate of drug-likeness (QED) is 0.120. The van der Waals surface area contributed by atoms with Crippen LogP contribution in [0.4, 0.5) is 5.13 Å². The number of nitrogens with zero attached hydrogens (tertiary/aromatic N) is 4. The van der Waals surface area contributed by atoms with Crippen LogP contribution in [0.15, 0.2) is 63.8 Å². The number of nitrogens with one attached hydrogen (secondary N) is 1. The molecule has 0 aliphatic carbocycles. The molecule has 1 aromatic carbocycles. The molecule has 0 bridgehead atoms. The van der Waals surface area contributed by atoms with Crippen molar-refractivity contribution in [2.75, 3.05) is 18.0 Å². The highest BCUT2D eigenvalue weighted by Crippen LogP contribution is 2.41. The number of oxime groups is 1. The van der Waals surface area contributed by atoms with E-state index in [4.69, 9.17) is 10.6 Å². The standard InChI is InChI=1S/C26H24N6O8S2/c1-13(33)40-30-18(17-12-42-26(27)28-17)21(34)29-19-23(36)32-20(25(37)38)16(11-41-24(19)32)9-15-7-8-31(22(15)35)39-10-14-5-3-2-4-6-14/h2-6,9,12,19,24H,7-8,10-11H2,1H3,(H2,27,28)(H,29,34)(H,37,38)/t19-,24-/m1/s1. The highest BCUT2D eigenvalue weighted by molar-refractivity contribution is 8.00. The number of carboxylic acids is 1. The van der Waals surface area contributed by atoms with E-state index in [0.717, 1.165) is 28.7 Å². The molecule has 2 saturated heterocycles. The molecule has 0 radical (unpaired) electrons. The van der Waals surface area contributed by atoms with Crippen LogP contribution in [-0.4, -0.2) is 79.1 Å². The SMILES string of the molecule is CC(=O)ON=C(C(=O)N[C@@H]1C(=O)N2C(C(=O)O)=C(C=C3CCN(OCc4ccccc4)C3=O)CS[C@H]12)c1csc(N)n1. The van der Waals surface area contributed by atoms with Gasteiger partial charge < -0.3 is 21.0 Å². The van der Waals surface area contributed by atoms with Crippen LogP contribution < -0.4 is 11.1 Å². The smallest absolute Gasteiger partial charge is 0.352 e. The topological polar surface area (TPSA) is 194 Å². The van der Waals surface area contributed by atoms with E-state index in [0.29, 0.717) is 24.1 Å². The fourth-order valence-corrected chi connectivity index (χ4v) is 6.31. The number of thiazole rings is 1. The molecule has 2 atom stereocenters. The zero-order valence-corrected chi connectivity index (χ0v) is 23.6. The Hall–Kier alpha value is -4.54. The summed E-state index contributed by atoms with van der Waals surface area (Å²) in [4.78, 5) is 77.9. The van der Waals surface area contributed by atoms with E-state index in [1.54, 1.807) is 0 Å². The summed E-state index contributed by atoms with van der Waals surface area (Å²) in [6.07, 6.45) is 1.84. The summed E-state index contributed by atoms with van der Waals surface area (Å²) < 4.78 is 0. The number of hydrogen-bond acceptors (Lipinski definition) is 12. The number of β-lactam (4-membered cyclic amide) rings is 1. The van der Waals surface area contributed by atoms with E-state index in [9.17, 15) is 29.1 Å². The van der Waals surface area contributed by atoms with Crippen molar-refractivity contribution < 1.29 is 38.8 Å². The van der Waals surface area contributed by atoms with Crippen molar-refractivity contribution in [1.29, 1.82) is 0 Å². The van der Waals surface area contributed by atoms with Crippen LogP contribution in [0, 0.1) is 0 Å². The number of fused-ring (bicyclic) bond motifs is 1. The number of carbonyl (C=O) groups is 5. The molecule has 218 valence electrons. The van der Waals surface area contributed by atoms with Crippen molar-refractivity contribution in [3.05, 3.63) is 69.9 Å². The number of benzene rings is 1. The Morgan fingerprint density at radius 3 is 2.69 bits per heavy atom.